The van der Waals surface area contributed by atoms with Crippen molar-refractivity contribution in [2.24, 2.45) is 0 Å². The SMILES string of the molecule is COC(=O)C[C@@H]1COc2cc(OCC3CCc4c(Br)c(C(F)(F)F)cc(F)c43)ccc21. The molecule has 2 aliphatic rings. The van der Waals surface area contributed by atoms with Gasteiger partial charge < -0.3 is 14.2 Å². The molecule has 0 bridgehead atoms. The lowest BCUT2D eigenvalue weighted by atomic mass is 9.98. The van der Waals surface area contributed by atoms with Crippen molar-refractivity contribution < 1.29 is 36.6 Å². The molecule has 1 aliphatic heterocycles. The van der Waals surface area contributed by atoms with Crippen LogP contribution in [-0.2, 0) is 22.1 Å². The topological polar surface area (TPSA) is 44.8 Å². The number of alkyl halides is 3. The first-order chi connectivity index (χ1) is 14.7. The minimum absolute atomic E-state index is 0.0903. The summed E-state index contributed by atoms with van der Waals surface area (Å²) in [4.78, 5) is 11.5. The van der Waals surface area contributed by atoms with E-state index in [9.17, 15) is 22.4 Å². The van der Waals surface area contributed by atoms with Gasteiger partial charge in [-0.05, 0) is 52.0 Å². The second kappa shape index (κ2) is 8.33. The molecule has 1 unspecified atom stereocenters. The van der Waals surface area contributed by atoms with Gasteiger partial charge in [-0.3, -0.25) is 4.79 Å². The Labute approximate surface area is 184 Å². The van der Waals surface area contributed by atoms with Crippen LogP contribution < -0.4 is 9.47 Å². The van der Waals surface area contributed by atoms with Gasteiger partial charge in [-0.15, -0.1) is 0 Å². The summed E-state index contributed by atoms with van der Waals surface area (Å²) >= 11 is 3.01. The van der Waals surface area contributed by atoms with Crippen molar-refractivity contribution in [1.82, 2.24) is 0 Å². The lowest BCUT2D eigenvalue weighted by Crippen LogP contribution is -2.12. The van der Waals surface area contributed by atoms with Crippen molar-refractivity contribution in [2.75, 3.05) is 20.3 Å². The first-order valence-corrected chi connectivity index (χ1v) is 10.5. The number of hydrogen-bond acceptors (Lipinski definition) is 4. The Bertz CT molecular complexity index is 1020. The van der Waals surface area contributed by atoms with Crippen molar-refractivity contribution >= 4 is 21.9 Å². The Balaban J connectivity index is 1.48. The van der Waals surface area contributed by atoms with Gasteiger partial charge in [0, 0.05) is 27.9 Å². The van der Waals surface area contributed by atoms with Crippen molar-refractivity contribution in [2.45, 2.75) is 37.3 Å². The van der Waals surface area contributed by atoms with Crippen LogP contribution in [0.3, 0.4) is 0 Å². The third-order valence-electron chi connectivity index (χ3n) is 5.77. The van der Waals surface area contributed by atoms with Crippen LogP contribution in [0.25, 0.3) is 0 Å². The van der Waals surface area contributed by atoms with Crippen LogP contribution in [0.1, 0.15) is 46.9 Å². The van der Waals surface area contributed by atoms with Gasteiger partial charge in [0.05, 0.1) is 32.3 Å². The van der Waals surface area contributed by atoms with E-state index in [2.05, 4.69) is 15.9 Å². The molecule has 4 rings (SSSR count). The van der Waals surface area contributed by atoms with E-state index in [4.69, 9.17) is 14.2 Å². The standard InChI is InChI=1S/C22H19BrF4O4/c1-29-19(28)6-12-10-31-18-7-13(3-5-14(12)18)30-9-11-2-4-15-20(11)17(24)8-16(21(15)23)22(25,26)27/h3,5,7-8,11-12H,2,4,6,9-10H2,1H3/t11?,12-/m1/s1. The Morgan fingerprint density at radius 1 is 1.26 bits per heavy atom. The maximum atomic E-state index is 14.6. The molecule has 0 radical (unpaired) electrons. The molecule has 2 aromatic rings. The maximum Gasteiger partial charge on any atom is 0.417 e. The number of carbonyl (C=O) groups excluding carboxylic acids is 1. The summed E-state index contributed by atoms with van der Waals surface area (Å²) in [6.07, 6.45) is -3.57. The number of esters is 1. The largest absolute Gasteiger partial charge is 0.493 e. The van der Waals surface area contributed by atoms with E-state index in [0.29, 0.717) is 42.6 Å². The monoisotopic (exact) mass is 502 g/mol. The smallest absolute Gasteiger partial charge is 0.417 e. The number of benzene rings is 2. The van der Waals surface area contributed by atoms with Crippen LogP contribution in [0.15, 0.2) is 28.7 Å². The summed E-state index contributed by atoms with van der Waals surface area (Å²) in [6, 6.07) is 5.82. The van der Waals surface area contributed by atoms with Crippen molar-refractivity contribution in [3.8, 4) is 11.5 Å². The molecule has 1 heterocycles. The zero-order valence-electron chi connectivity index (χ0n) is 16.5. The molecular weight excluding hydrogens is 484 g/mol. The van der Waals surface area contributed by atoms with E-state index in [0.717, 1.165) is 5.56 Å². The molecule has 0 spiro atoms. The van der Waals surface area contributed by atoms with Crippen LogP contribution in [0, 0.1) is 5.82 Å². The molecule has 4 nitrogen and oxygen atoms in total. The Morgan fingerprint density at radius 3 is 2.74 bits per heavy atom. The number of ether oxygens (including phenoxy) is 3. The first kappa shape index (κ1) is 21.9. The predicted octanol–water partition coefficient (Wildman–Crippen LogP) is 5.75. The van der Waals surface area contributed by atoms with Gasteiger partial charge in [0.2, 0.25) is 0 Å². The molecule has 0 fully saturated rings. The summed E-state index contributed by atoms with van der Waals surface area (Å²) in [5, 5.41) is 0. The third-order valence-corrected chi connectivity index (χ3v) is 6.67. The number of methoxy groups -OCH3 is 1. The van der Waals surface area contributed by atoms with E-state index in [1.54, 1.807) is 12.1 Å². The van der Waals surface area contributed by atoms with E-state index >= 15 is 0 Å². The number of fused-ring (bicyclic) bond motifs is 2. The predicted molar refractivity (Wildman–Crippen MR) is 107 cm³/mol. The van der Waals surface area contributed by atoms with Crippen LogP contribution in [-0.4, -0.2) is 26.3 Å². The summed E-state index contributed by atoms with van der Waals surface area (Å²) in [5.41, 5.74) is 0.514. The van der Waals surface area contributed by atoms with Crippen LogP contribution in [0.2, 0.25) is 0 Å². The Hall–Kier alpha value is -2.29. The van der Waals surface area contributed by atoms with Crippen LogP contribution in [0.4, 0.5) is 17.6 Å². The lowest BCUT2D eigenvalue weighted by molar-refractivity contribution is -0.141. The molecule has 0 saturated heterocycles. The molecule has 9 heteroatoms. The number of halogens is 5. The molecular formula is C22H19BrF4O4. The quantitative estimate of drug-likeness (QED) is 0.385. The van der Waals surface area contributed by atoms with Gasteiger partial charge >= 0.3 is 12.1 Å². The highest BCUT2D eigenvalue weighted by molar-refractivity contribution is 9.10. The van der Waals surface area contributed by atoms with E-state index in [1.807, 2.05) is 6.07 Å². The Kier molecular flexibility index (Phi) is 5.89. The van der Waals surface area contributed by atoms with Gasteiger partial charge in [0.15, 0.2) is 0 Å². The summed E-state index contributed by atoms with van der Waals surface area (Å²) in [5.74, 6) is -0.496. The second-order valence-electron chi connectivity index (χ2n) is 7.64. The highest BCUT2D eigenvalue weighted by Gasteiger charge is 2.38. The molecule has 166 valence electrons. The zero-order chi connectivity index (χ0) is 22.3. The van der Waals surface area contributed by atoms with Crippen LogP contribution in [0.5, 0.6) is 11.5 Å². The summed E-state index contributed by atoms with van der Waals surface area (Å²) in [7, 11) is 1.34. The first-order valence-electron chi connectivity index (χ1n) is 9.73. The normalized spacial score (nSPS) is 19.5. The van der Waals surface area contributed by atoms with Crippen molar-refractivity contribution in [3.05, 3.63) is 56.8 Å². The number of rotatable bonds is 5. The number of hydrogen-bond donors (Lipinski definition) is 0. The summed E-state index contributed by atoms with van der Waals surface area (Å²) < 4.78 is 70.0. The fraction of sp³-hybridized carbons (Fsp3) is 0.409. The average molecular weight is 503 g/mol. The Morgan fingerprint density at radius 2 is 2.03 bits per heavy atom. The molecule has 0 aromatic heterocycles. The average Bonchev–Trinajstić information content (AvgIpc) is 3.33. The van der Waals surface area contributed by atoms with E-state index in [-0.39, 0.29) is 40.9 Å². The van der Waals surface area contributed by atoms with E-state index < -0.39 is 17.6 Å². The van der Waals surface area contributed by atoms with Gasteiger partial charge in [0.1, 0.15) is 17.3 Å². The van der Waals surface area contributed by atoms with Gasteiger partial charge in [0.25, 0.3) is 0 Å². The molecule has 2 aromatic carbocycles. The van der Waals surface area contributed by atoms with Crippen molar-refractivity contribution in [1.29, 1.82) is 0 Å². The highest BCUT2D eigenvalue weighted by Crippen LogP contribution is 2.45. The maximum absolute atomic E-state index is 14.6. The van der Waals surface area contributed by atoms with Gasteiger partial charge in [-0.1, -0.05) is 6.07 Å². The third kappa shape index (κ3) is 4.24. The van der Waals surface area contributed by atoms with Crippen molar-refractivity contribution in [3.63, 3.8) is 0 Å². The fourth-order valence-corrected chi connectivity index (χ4v) is 4.96. The van der Waals surface area contributed by atoms with Crippen LogP contribution >= 0.6 is 15.9 Å². The molecule has 0 saturated carbocycles. The summed E-state index contributed by atoms with van der Waals surface area (Å²) in [6.45, 7) is 0.497. The fourth-order valence-electron chi connectivity index (χ4n) is 4.21. The molecule has 0 amide bonds. The molecule has 31 heavy (non-hydrogen) atoms. The van der Waals surface area contributed by atoms with Gasteiger partial charge in [-0.2, -0.15) is 13.2 Å². The lowest BCUT2D eigenvalue weighted by Gasteiger charge is -2.17. The van der Waals surface area contributed by atoms with E-state index in [1.165, 1.54) is 7.11 Å². The minimum atomic E-state index is -4.63. The number of carbonyl (C=O) groups is 1. The van der Waals surface area contributed by atoms with Gasteiger partial charge in [-0.25, -0.2) is 4.39 Å². The zero-order valence-corrected chi connectivity index (χ0v) is 18.1. The second-order valence-corrected chi connectivity index (χ2v) is 8.44. The highest BCUT2D eigenvalue weighted by atomic mass is 79.9. The molecule has 2 atom stereocenters. The minimum Gasteiger partial charge on any atom is -0.493 e. The molecule has 0 N–H and O–H groups in total. The molecule has 1 aliphatic carbocycles.